The molecule has 0 amide bonds. The third-order valence-electron chi connectivity index (χ3n) is 10.7. The van der Waals surface area contributed by atoms with Gasteiger partial charge in [-0.1, -0.05) is 127 Å². The van der Waals surface area contributed by atoms with Gasteiger partial charge in [0, 0.05) is 39.0 Å². The van der Waals surface area contributed by atoms with Gasteiger partial charge in [0.2, 0.25) is 5.95 Å². The first-order valence-electron chi connectivity index (χ1n) is 18.4. The Balaban J connectivity index is 1.15. The molecule has 0 atom stereocenters. The van der Waals surface area contributed by atoms with Crippen LogP contribution in [0.15, 0.2) is 193 Å². The van der Waals surface area contributed by atoms with E-state index in [1.165, 1.54) is 21.8 Å². The molecular weight excluding hydrogens is 675 g/mol. The van der Waals surface area contributed by atoms with Crippen LogP contribution in [0.4, 0.5) is 0 Å². The lowest BCUT2D eigenvalue weighted by Crippen LogP contribution is -2.20. The third-order valence-corrected chi connectivity index (χ3v) is 10.7. The zero-order valence-electron chi connectivity index (χ0n) is 29.5. The van der Waals surface area contributed by atoms with E-state index in [4.69, 9.17) is 0 Å². The number of aromatic nitrogens is 5. The molecule has 11 aromatic rings. The van der Waals surface area contributed by atoms with Crippen LogP contribution >= 0.6 is 0 Å². The minimum atomic E-state index is -0.537. The van der Waals surface area contributed by atoms with Crippen molar-refractivity contribution in [3.8, 4) is 45.0 Å². The highest BCUT2D eigenvalue weighted by Crippen LogP contribution is 2.39. The zero-order valence-corrected chi connectivity index (χ0v) is 29.5. The molecule has 4 heterocycles. The van der Waals surface area contributed by atoms with Crippen LogP contribution in [0.25, 0.3) is 94.3 Å². The van der Waals surface area contributed by atoms with Crippen LogP contribution < -0.4 is 5.69 Å². The Morgan fingerprint density at radius 1 is 0.382 bits per heavy atom. The zero-order chi connectivity index (χ0) is 36.5. The Labute approximate surface area is 315 Å². The molecule has 0 radical (unpaired) electrons. The molecule has 0 fully saturated rings. The first-order valence-corrected chi connectivity index (χ1v) is 18.4. The van der Waals surface area contributed by atoms with Gasteiger partial charge in [0.25, 0.3) is 0 Å². The fraction of sp³-hybridized carbons (Fsp3) is 0. The van der Waals surface area contributed by atoms with Crippen molar-refractivity contribution in [3.63, 3.8) is 0 Å². The molecule has 55 heavy (non-hydrogen) atoms. The van der Waals surface area contributed by atoms with Crippen molar-refractivity contribution in [2.24, 2.45) is 0 Å². The summed E-state index contributed by atoms with van der Waals surface area (Å²) in [5, 5.41) is 4.56. The molecule has 6 nitrogen and oxygen atoms in total. The summed E-state index contributed by atoms with van der Waals surface area (Å²) in [6.07, 6.45) is 2.04. The number of para-hydroxylation sites is 3. The molecule has 0 saturated carbocycles. The maximum atomic E-state index is 13.5. The van der Waals surface area contributed by atoms with Crippen molar-refractivity contribution < 1.29 is 0 Å². The largest absolute Gasteiger partial charge is 0.372 e. The van der Waals surface area contributed by atoms with Gasteiger partial charge in [-0.3, -0.25) is 8.97 Å². The number of rotatable bonds is 5. The van der Waals surface area contributed by atoms with Crippen LogP contribution in [0.3, 0.4) is 0 Å². The number of hydrogen-bond donors (Lipinski definition) is 0. The van der Waals surface area contributed by atoms with E-state index in [1.54, 1.807) is 0 Å². The SMILES string of the molecule is O=c1nc(-n2c3ccccc3c3cc(-c4ccc5c(c4)c4ccccc4n5-c4ccccc4)ccc32)n2cc(-c3ccccc3)cc(-c3ccccc3)c2n1. The predicted molar refractivity (Wildman–Crippen MR) is 224 cm³/mol. The lowest BCUT2D eigenvalue weighted by atomic mass is 10.0. The van der Waals surface area contributed by atoms with Gasteiger partial charge in [-0.25, -0.2) is 4.79 Å². The molecule has 0 aliphatic carbocycles. The van der Waals surface area contributed by atoms with E-state index in [1.807, 2.05) is 53.1 Å². The van der Waals surface area contributed by atoms with Crippen LogP contribution in [0, 0.1) is 0 Å². The van der Waals surface area contributed by atoms with Gasteiger partial charge in [-0.15, -0.1) is 0 Å². The molecule has 0 spiro atoms. The normalized spacial score (nSPS) is 11.7. The summed E-state index contributed by atoms with van der Waals surface area (Å²) in [5.41, 5.74) is 11.5. The Morgan fingerprint density at radius 2 is 0.891 bits per heavy atom. The first kappa shape index (κ1) is 31.0. The smallest absolute Gasteiger partial charge is 0.309 e. The van der Waals surface area contributed by atoms with Crippen molar-refractivity contribution in [2.45, 2.75) is 0 Å². The number of hydrogen-bond acceptors (Lipinski definition) is 3. The second kappa shape index (κ2) is 12.3. The van der Waals surface area contributed by atoms with Crippen molar-refractivity contribution in [3.05, 3.63) is 199 Å². The minimum absolute atomic E-state index is 0.485. The van der Waals surface area contributed by atoms with Crippen molar-refractivity contribution in [2.75, 3.05) is 0 Å². The number of nitrogens with zero attached hydrogens (tertiary/aromatic N) is 5. The molecule has 7 aromatic carbocycles. The maximum Gasteiger partial charge on any atom is 0.372 e. The lowest BCUT2D eigenvalue weighted by Gasteiger charge is -2.16. The monoisotopic (exact) mass is 705 g/mol. The van der Waals surface area contributed by atoms with Gasteiger partial charge in [-0.05, 0) is 82.4 Å². The van der Waals surface area contributed by atoms with Crippen molar-refractivity contribution >= 4 is 49.3 Å². The fourth-order valence-electron chi connectivity index (χ4n) is 8.26. The van der Waals surface area contributed by atoms with Crippen LogP contribution in [0.1, 0.15) is 0 Å². The second-order valence-corrected chi connectivity index (χ2v) is 13.9. The summed E-state index contributed by atoms with van der Waals surface area (Å²) < 4.78 is 6.42. The molecule has 11 rings (SSSR count). The maximum absolute atomic E-state index is 13.5. The number of pyridine rings is 1. The summed E-state index contributed by atoms with van der Waals surface area (Å²) in [7, 11) is 0. The van der Waals surface area contributed by atoms with E-state index < -0.39 is 5.69 Å². The molecule has 0 saturated heterocycles. The quantitative estimate of drug-likeness (QED) is 0.179. The molecule has 0 unspecified atom stereocenters. The van der Waals surface area contributed by atoms with E-state index in [-0.39, 0.29) is 0 Å². The topological polar surface area (TPSA) is 57.1 Å². The van der Waals surface area contributed by atoms with Gasteiger partial charge in [0.05, 0.1) is 22.1 Å². The van der Waals surface area contributed by atoms with Crippen LogP contribution in [-0.4, -0.2) is 23.5 Å². The Hall–Kier alpha value is -7.57. The number of fused-ring (bicyclic) bond motifs is 7. The van der Waals surface area contributed by atoms with Crippen LogP contribution in [-0.2, 0) is 0 Å². The van der Waals surface area contributed by atoms with Gasteiger partial charge >= 0.3 is 5.69 Å². The molecule has 4 aromatic heterocycles. The van der Waals surface area contributed by atoms with Crippen molar-refractivity contribution in [1.82, 2.24) is 23.5 Å². The average Bonchev–Trinajstić information content (AvgIpc) is 3.76. The molecule has 0 aliphatic rings. The fourth-order valence-corrected chi connectivity index (χ4v) is 8.26. The van der Waals surface area contributed by atoms with E-state index in [2.05, 4.69) is 159 Å². The van der Waals surface area contributed by atoms with E-state index in [9.17, 15) is 4.79 Å². The molecule has 0 bridgehead atoms. The standard InChI is InChI=1S/C49H31N5O/c55-48-50-47-40(33-16-6-2-7-17-33)30-36(32-14-4-1-5-15-32)31-52(47)49(51-48)54-44-23-13-11-21-39(44)42-29-35(25-27-46(42)54)34-24-26-45-41(28-34)38-20-10-12-22-43(38)53(45)37-18-8-3-9-19-37/h1-31H. The van der Waals surface area contributed by atoms with E-state index >= 15 is 0 Å². The van der Waals surface area contributed by atoms with Gasteiger partial charge in [0.1, 0.15) is 0 Å². The second-order valence-electron chi connectivity index (χ2n) is 13.9. The van der Waals surface area contributed by atoms with Gasteiger partial charge in [0.15, 0.2) is 5.65 Å². The Morgan fingerprint density at radius 3 is 1.53 bits per heavy atom. The average molecular weight is 706 g/mol. The summed E-state index contributed by atoms with van der Waals surface area (Å²) in [5.74, 6) is 0.485. The van der Waals surface area contributed by atoms with E-state index in [0.717, 1.165) is 60.9 Å². The summed E-state index contributed by atoms with van der Waals surface area (Å²) >= 11 is 0. The lowest BCUT2D eigenvalue weighted by molar-refractivity contribution is 0.881. The highest BCUT2D eigenvalue weighted by molar-refractivity contribution is 6.12. The summed E-state index contributed by atoms with van der Waals surface area (Å²) in [4.78, 5) is 22.7. The molecular formula is C49H31N5O. The molecule has 6 heteroatoms. The van der Waals surface area contributed by atoms with E-state index in [0.29, 0.717) is 11.6 Å². The summed E-state index contributed by atoms with van der Waals surface area (Å²) in [6.45, 7) is 0. The Kier molecular flexibility index (Phi) is 6.91. The molecule has 258 valence electrons. The number of benzene rings is 7. The predicted octanol–water partition coefficient (Wildman–Crippen LogP) is 11.3. The highest BCUT2D eigenvalue weighted by Gasteiger charge is 2.20. The highest BCUT2D eigenvalue weighted by atomic mass is 16.1. The molecule has 0 N–H and O–H groups in total. The van der Waals surface area contributed by atoms with Crippen LogP contribution in [0.5, 0.6) is 0 Å². The minimum Gasteiger partial charge on any atom is -0.309 e. The summed E-state index contributed by atoms with van der Waals surface area (Å²) in [6, 6.07) is 63.3. The van der Waals surface area contributed by atoms with Gasteiger partial charge in [-0.2, -0.15) is 9.97 Å². The third kappa shape index (κ3) is 4.92. The first-order chi connectivity index (χ1) is 27.2. The van der Waals surface area contributed by atoms with Crippen LogP contribution in [0.2, 0.25) is 0 Å². The Bertz CT molecular complexity index is 3330. The molecule has 0 aliphatic heterocycles. The van der Waals surface area contributed by atoms with Crippen molar-refractivity contribution in [1.29, 1.82) is 0 Å². The van der Waals surface area contributed by atoms with Gasteiger partial charge < -0.3 is 4.57 Å².